The highest BCUT2D eigenvalue weighted by atomic mass is 16.5. The van der Waals surface area contributed by atoms with Gasteiger partial charge in [-0.25, -0.2) is 0 Å². The van der Waals surface area contributed by atoms with Crippen molar-refractivity contribution < 1.29 is 9.53 Å². The van der Waals surface area contributed by atoms with Crippen LogP contribution in [0.1, 0.15) is 12.8 Å². The number of benzene rings is 1. The summed E-state index contributed by atoms with van der Waals surface area (Å²) in [5.41, 5.74) is 0.892. The summed E-state index contributed by atoms with van der Waals surface area (Å²) in [4.78, 5) is 15.8. The molecule has 1 aliphatic carbocycles. The van der Waals surface area contributed by atoms with Crippen molar-refractivity contribution in [3.8, 4) is 5.75 Å². The lowest BCUT2D eigenvalue weighted by Crippen LogP contribution is -2.12. The van der Waals surface area contributed by atoms with Crippen LogP contribution in [-0.4, -0.2) is 17.4 Å². The van der Waals surface area contributed by atoms with E-state index in [9.17, 15) is 4.79 Å². The molecule has 1 heterocycles. The van der Waals surface area contributed by atoms with E-state index >= 15 is 0 Å². The third kappa shape index (κ3) is 2.28. The molecule has 0 aliphatic heterocycles. The summed E-state index contributed by atoms with van der Waals surface area (Å²) in [6.07, 6.45) is 3.81. The summed E-state index contributed by atoms with van der Waals surface area (Å²) in [6, 6.07) is 9.61. The smallest absolute Gasteiger partial charge is 0.173 e. The highest BCUT2D eigenvalue weighted by Crippen LogP contribution is 2.30. The fourth-order valence-corrected chi connectivity index (χ4v) is 1.81. The summed E-state index contributed by atoms with van der Waals surface area (Å²) in [5, 5.41) is 1.08. The molecule has 2 aromatic rings. The van der Waals surface area contributed by atoms with E-state index in [4.69, 9.17) is 4.74 Å². The van der Waals surface area contributed by atoms with Crippen LogP contribution in [-0.2, 0) is 4.79 Å². The van der Waals surface area contributed by atoms with Gasteiger partial charge in [-0.2, -0.15) is 0 Å². The van der Waals surface area contributed by atoms with Crippen LogP contribution in [0, 0.1) is 5.92 Å². The summed E-state index contributed by atoms with van der Waals surface area (Å²) in [6.45, 7) is 0.184. The highest BCUT2D eigenvalue weighted by Gasteiger charge is 2.29. The minimum absolute atomic E-state index is 0.184. The van der Waals surface area contributed by atoms with E-state index in [1.807, 2.05) is 30.3 Å². The number of hydrogen-bond acceptors (Lipinski definition) is 3. The second kappa shape index (κ2) is 4.17. The van der Waals surface area contributed by atoms with E-state index in [0.717, 1.165) is 23.7 Å². The van der Waals surface area contributed by atoms with Gasteiger partial charge in [-0.05, 0) is 31.0 Å². The first kappa shape index (κ1) is 10.3. The lowest BCUT2D eigenvalue weighted by Gasteiger charge is -2.05. The largest absolute Gasteiger partial charge is 0.486 e. The van der Waals surface area contributed by atoms with Crippen LogP contribution in [0.5, 0.6) is 5.75 Å². The monoisotopic (exact) mass is 227 g/mol. The van der Waals surface area contributed by atoms with Crippen molar-refractivity contribution in [2.75, 3.05) is 6.61 Å². The third-order valence-corrected chi connectivity index (χ3v) is 2.99. The average molecular weight is 227 g/mol. The SMILES string of the molecule is O=C(COc1ccc2cccnc2c1)C1CC1. The number of ketones is 1. The molecule has 3 nitrogen and oxygen atoms in total. The average Bonchev–Trinajstić information content (AvgIpc) is 3.20. The lowest BCUT2D eigenvalue weighted by atomic mass is 10.2. The molecule has 0 saturated heterocycles. The molecular weight excluding hydrogens is 214 g/mol. The van der Waals surface area contributed by atoms with E-state index in [1.165, 1.54) is 0 Å². The Morgan fingerprint density at radius 3 is 3.06 bits per heavy atom. The molecule has 3 heteroatoms. The molecule has 0 amide bonds. The first-order valence-electron chi connectivity index (χ1n) is 5.83. The molecule has 0 spiro atoms. The predicted octanol–water partition coefficient (Wildman–Crippen LogP) is 2.59. The van der Waals surface area contributed by atoms with Crippen LogP contribution in [0.15, 0.2) is 36.5 Å². The maximum absolute atomic E-state index is 11.5. The van der Waals surface area contributed by atoms with E-state index in [0.29, 0.717) is 5.75 Å². The van der Waals surface area contributed by atoms with Gasteiger partial charge < -0.3 is 4.74 Å². The van der Waals surface area contributed by atoms with Gasteiger partial charge in [-0.3, -0.25) is 9.78 Å². The van der Waals surface area contributed by atoms with Gasteiger partial charge in [0.15, 0.2) is 5.78 Å². The van der Waals surface area contributed by atoms with Gasteiger partial charge in [0.05, 0.1) is 5.52 Å². The van der Waals surface area contributed by atoms with E-state index < -0.39 is 0 Å². The number of rotatable bonds is 4. The van der Waals surface area contributed by atoms with Gasteiger partial charge in [0.25, 0.3) is 0 Å². The van der Waals surface area contributed by atoms with Crippen molar-refractivity contribution in [2.24, 2.45) is 5.92 Å². The van der Waals surface area contributed by atoms with Crippen molar-refractivity contribution >= 4 is 16.7 Å². The number of aromatic nitrogens is 1. The molecule has 86 valence electrons. The van der Waals surface area contributed by atoms with Crippen LogP contribution >= 0.6 is 0 Å². The van der Waals surface area contributed by atoms with Crippen molar-refractivity contribution in [1.29, 1.82) is 0 Å². The molecule has 0 N–H and O–H groups in total. The van der Waals surface area contributed by atoms with Gasteiger partial charge in [-0.15, -0.1) is 0 Å². The fourth-order valence-electron chi connectivity index (χ4n) is 1.81. The van der Waals surface area contributed by atoms with Crippen molar-refractivity contribution in [3.63, 3.8) is 0 Å². The molecular formula is C14H13NO2. The zero-order valence-corrected chi connectivity index (χ0v) is 9.43. The Balaban J connectivity index is 1.74. The Bertz CT molecular complexity index is 561. The molecule has 1 aromatic heterocycles. The lowest BCUT2D eigenvalue weighted by molar-refractivity contribution is -0.122. The third-order valence-electron chi connectivity index (χ3n) is 2.99. The summed E-state index contributed by atoms with van der Waals surface area (Å²) in [7, 11) is 0. The second-order valence-corrected chi connectivity index (χ2v) is 4.39. The maximum atomic E-state index is 11.5. The first-order valence-corrected chi connectivity index (χ1v) is 5.83. The Morgan fingerprint density at radius 2 is 2.24 bits per heavy atom. The van der Waals surface area contributed by atoms with Crippen molar-refractivity contribution in [1.82, 2.24) is 4.98 Å². The highest BCUT2D eigenvalue weighted by molar-refractivity contribution is 5.85. The van der Waals surface area contributed by atoms with Crippen molar-refractivity contribution in [3.05, 3.63) is 36.5 Å². The van der Waals surface area contributed by atoms with E-state index in [-0.39, 0.29) is 18.3 Å². The van der Waals surface area contributed by atoms with Gasteiger partial charge >= 0.3 is 0 Å². The van der Waals surface area contributed by atoms with Crippen LogP contribution < -0.4 is 4.74 Å². The molecule has 0 atom stereocenters. The number of nitrogens with zero attached hydrogens (tertiary/aromatic N) is 1. The first-order chi connectivity index (χ1) is 8.33. The standard InChI is InChI=1S/C14H13NO2/c16-14(11-3-4-11)9-17-12-6-5-10-2-1-7-15-13(10)8-12/h1-2,5-8,11H,3-4,9H2. The Kier molecular flexibility index (Phi) is 2.52. The zero-order valence-electron chi connectivity index (χ0n) is 9.43. The maximum Gasteiger partial charge on any atom is 0.173 e. The normalized spacial score (nSPS) is 14.8. The number of ether oxygens (including phenoxy) is 1. The summed E-state index contributed by atoms with van der Waals surface area (Å²) >= 11 is 0. The van der Waals surface area contributed by atoms with Gasteiger partial charge in [0.1, 0.15) is 12.4 Å². The molecule has 3 rings (SSSR count). The second-order valence-electron chi connectivity index (χ2n) is 4.39. The topological polar surface area (TPSA) is 39.2 Å². The number of carbonyl (C=O) groups is 1. The minimum Gasteiger partial charge on any atom is -0.486 e. The Hall–Kier alpha value is -1.90. The number of fused-ring (bicyclic) bond motifs is 1. The molecule has 1 fully saturated rings. The fraction of sp³-hybridized carbons (Fsp3) is 0.286. The Labute approximate surface area is 99.4 Å². The number of carbonyl (C=O) groups excluding carboxylic acids is 1. The van der Waals surface area contributed by atoms with Crippen LogP contribution in [0.2, 0.25) is 0 Å². The zero-order chi connectivity index (χ0) is 11.7. The summed E-state index contributed by atoms with van der Waals surface area (Å²) in [5.74, 6) is 1.19. The molecule has 0 unspecified atom stereocenters. The Morgan fingerprint density at radius 1 is 1.35 bits per heavy atom. The molecule has 1 aliphatic rings. The van der Waals surface area contributed by atoms with Crippen LogP contribution in [0.25, 0.3) is 10.9 Å². The molecule has 0 radical (unpaired) electrons. The predicted molar refractivity (Wildman–Crippen MR) is 65.0 cm³/mol. The van der Waals surface area contributed by atoms with E-state index in [1.54, 1.807) is 6.20 Å². The molecule has 1 saturated carbocycles. The van der Waals surface area contributed by atoms with Gasteiger partial charge in [0, 0.05) is 23.6 Å². The number of pyridine rings is 1. The molecule has 1 aromatic carbocycles. The summed E-state index contributed by atoms with van der Waals surface area (Å²) < 4.78 is 5.49. The van der Waals surface area contributed by atoms with Crippen LogP contribution in [0.4, 0.5) is 0 Å². The minimum atomic E-state index is 0.184. The van der Waals surface area contributed by atoms with E-state index in [2.05, 4.69) is 4.98 Å². The van der Waals surface area contributed by atoms with Gasteiger partial charge in [0.2, 0.25) is 0 Å². The van der Waals surface area contributed by atoms with Crippen molar-refractivity contribution in [2.45, 2.75) is 12.8 Å². The molecule has 17 heavy (non-hydrogen) atoms. The van der Waals surface area contributed by atoms with Crippen LogP contribution in [0.3, 0.4) is 0 Å². The van der Waals surface area contributed by atoms with Gasteiger partial charge in [-0.1, -0.05) is 6.07 Å². The quantitative estimate of drug-likeness (QED) is 0.805. The number of hydrogen-bond donors (Lipinski definition) is 0. The molecule has 0 bridgehead atoms. The number of Topliss-reactive ketones (excluding diaryl/α,β-unsaturated/α-hetero) is 1.